The predicted molar refractivity (Wildman–Crippen MR) is 124 cm³/mol. The molecule has 168 valence electrons. The van der Waals surface area contributed by atoms with Crippen LogP contribution in [0.1, 0.15) is 52.9 Å². The average Bonchev–Trinajstić information content (AvgIpc) is 3.45. The summed E-state index contributed by atoms with van der Waals surface area (Å²) in [6, 6.07) is 4.31. The van der Waals surface area contributed by atoms with Gasteiger partial charge in [0.25, 0.3) is 11.8 Å². The van der Waals surface area contributed by atoms with Crippen molar-refractivity contribution in [2.75, 3.05) is 30.3 Å². The molecular formula is C23H28N6O3. The van der Waals surface area contributed by atoms with Crippen molar-refractivity contribution in [3.63, 3.8) is 0 Å². The summed E-state index contributed by atoms with van der Waals surface area (Å²) in [5, 5.41) is 5.29. The van der Waals surface area contributed by atoms with E-state index in [1.54, 1.807) is 30.5 Å². The lowest BCUT2D eigenvalue weighted by Crippen LogP contribution is -2.20. The zero-order valence-electron chi connectivity index (χ0n) is 17.9. The summed E-state index contributed by atoms with van der Waals surface area (Å²) < 4.78 is 0. The quantitative estimate of drug-likeness (QED) is 0.319. The number of nitrogens with zero attached hydrogens (tertiary/aromatic N) is 1. The maximum Gasteiger partial charge on any atom is 0.316 e. The lowest BCUT2D eigenvalue weighted by molar-refractivity contribution is -0.110. The number of aromatic nitrogens is 1. The van der Waals surface area contributed by atoms with Crippen LogP contribution in [0.15, 0.2) is 24.4 Å². The standard InChI is InChI=1S/C23H28N6O3/c24-21(30)20-14(5-1-2-8-29-9-3-4-10-29)13-26-19(20)12-17-16-11-15(27-23(25)32)6-7-18(16)28-22(17)31/h6-7,11-13,26H,1-5,8-10H2,(H2,24,30)(H,28,31)(H3,25,27,32). The van der Waals surface area contributed by atoms with Crippen LogP contribution in [-0.4, -0.2) is 47.4 Å². The second-order valence-corrected chi connectivity index (χ2v) is 8.23. The van der Waals surface area contributed by atoms with Crippen LogP contribution in [0, 0.1) is 0 Å². The first kappa shape index (κ1) is 21.6. The Balaban J connectivity index is 1.54. The van der Waals surface area contributed by atoms with Crippen LogP contribution in [0.3, 0.4) is 0 Å². The monoisotopic (exact) mass is 436 g/mol. The number of anilines is 2. The van der Waals surface area contributed by atoms with E-state index in [1.807, 2.05) is 0 Å². The van der Waals surface area contributed by atoms with Crippen molar-refractivity contribution in [2.45, 2.75) is 32.1 Å². The van der Waals surface area contributed by atoms with Gasteiger partial charge in [0.2, 0.25) is 0 Å². The molecule has 9 nitrogen and oxygen atoms in total. The van der Waals surface area contributed by atoms with E-state index in [0.29, 0.717) is 33.8 Å². The summed E-state index contributed by atoms with van der Waals surface area (Å²) in [7, 11) is 0. The molecule has 4 rings (SSSR count). The van der Waals surface area contributed by atoms with Gasteiger partial charge in [-0.05, 0) is 81.6 Å². The first-order valence-corrected chi connectivity index (χ1v) is 10.9. The van der Waals surface area contributed by atoms with E-state index in [2.05, 4.69) is 20.5 Å². The molecular weight excluding hydrogens is 408 g/mol. The molecule has 2 aliphatic rings. The Bertz CT molecular complexity index is 1080. The molecule has 1 fully saturated rings. The van der Waals surface area contributed by atoms with Crippen molar-refractivity contribution in [3.05, 3.63) is 46.8 Å². The van der Waals surface area contributed by atoms with E-state index in [9.17, 15) is 14.4 Å². The van der Waals surface area contributed by atoms with Gasteiger partial charge in [0.15, 0.2) is 0 Å². The van der Waals surface area contributed by atoms with Gasteiger partial charge in [0.1, 0.15) is 0 Å². The molecule has 0 saturated carbocycles. The molecule has 0 radical (unpaired) electrons. The van der Waals surface area contributed by atoms with Gasteiger partial charge in [-0.3, -0.25) is 9.59 Å². The minimum Gasteiger partial charge on any atom is -0.366 e. The Kier molecular flexibility index (Phi) is 6.27. The second kappa shape index (κ2) is 9.27. The zero-order chi connectivity index (χ0) is 22.7. The summed E-state index contributed by atoms with van der Waals surface area (Å²) >= 11 is 0. The smallest absolute Gasteiger partial charge is 0.316 e. The number of aromatic amines is 1. The number of unbranched alkanes of at least 4 members (excludes halogenated alkanes) is 1. The molecule has 7 N–H and O–H groups in total. The number of fused-ring (bicyclic) bond motifs is 1. The fourth-order valence-electron chi connectivity index (χ4n) is 4.44. The number of hydrogen-bond donors (Lipinski definition) is 5. The molecule has 0 unspecified atom stereocenters. The average molecular weight is 437 g/mol. The molecule has 2 aliphatic heterocycles. The molecule has 0 bridgehead atoms. The summed E-state index contributed by atoms with van der Waals surface area (Å²) in [4.78, 5) is 41.5. The predicted octanol–water partition coefficient (Wildman–Crippen LogP) is 2.52. The van der Waals surface area contributed by atoms with Crippen molar-refractivity contribution in [1.29, 1.82) is 0 Å². The first-order chi connectivity index (χ1) is 15.4. The fourth-order valence-corrected chi connectivity index (χ4v) is 4.44. The first-order valence-electron chi connectivity index (χ1n) is 10.9. The number of H-pyrrole nitrogens is 1. The van der Waals surface area contributed by atoms with E-state index in [4.69, 9.17) is 11.5 Å². The lowest BCUT2D eigenvalue weighted by atomic mass is 10.0. The number of aryl methyl sites for hydroxylation is 1. The van der Waals surface area contributed by atoms with Crippen LogP contribution < -0.4 is 22.1 Å². The minimum absolute atomic E-state index is 0.298. The highest BCUT2D eigenvalue weighted by Gasteiger charge is 2.26. The highest BCUT2D eigenvalue weighted by molar-refractivity contribution is 6.35. The molecule has 0 spiro atoms. The minimum atomic E-state index is -0.692. The molecule has 32 heavy (non-hydrogen) atoms. The highest BCUT2D eigenvalue weighted by Crippen LogP contribution is 2.35. The third kappa shape index (κ3) is 4.67. The van der Waals surface area contributed by atoms with Gasteiger partial charge in [0.05, 0.1) is 16.8 Å². The maximum atomic E-state index is 12.6. The van der Waals surface area contributed by atoms with E-state index in [-0.39, 0.29) is 5.91 Å². The number of carbonyl (C=O) groups is 3. The highest BCUT2D eigenvalue weighted by atomic mass is 16.2. The largest absolute Gasteiger partial charge is 0.366 e. The third-order valence-electron chi connectivity index (χ3n) is 5.97. The topological polar surface area (TPSA) is 146 Å². The fraction of sp³-hybridized carbons (Fsp3) is 0.348. The Morgan fingerprint density at radius 3 is 2.66 bits per heavy atom. The molecule has 9 heteroatoms. The zero-order valence-corrected chi connectivity index (χ0v) is 17.9. The summed E-state index contributed by atoms with van der Waals surface area (Å²) in [5.74, 6) is -0.830. The second-order valence-electron chi connectivity index (χ2n) is 8.23. The van der Waals surface area contributed by atoms with Gasteiger partial charge < -0.3 is 32.0 Å². The van der Waals surface area contributed by atoms with Crippen LogP contribution in [0.4, 0.5) is 16.2 Å². The van der Waals surface area contributed by atoms with Crippen molar-refractivity contribution >= 4 is 40.9 Å². The molecule has 1 aromatic carbocycles. The van der Waals surface area contributed by atoms with Crippen LogP contribution >= 0.6 is 0 Å². The summed E-state index contributed by atoms with van der Waals surface area (Å²) in [5.41, 5.74) is 14.7. The molecule has 1 saturated heterocycles. The van der Waals surface area contributed by atoms with E-state index < -0.39 is 11.9 Å². The summed E-state index contributed by atoms with van der Waals surface area (Å²) in [6.07, 6.45) is 8.73. The number of carbonyl (C=O) groups excluding carboxylic acids is 3. The number of urea groups is 1. The number of likely N-dealkylation sites (tertiary alicyclic amines) is 1. The lowest BCUT2D eigenvalue weighted by Gasteiger charge is -2.13. The van der Waals surface area contributed by atoms with Crippen molar-refractivity contribution < 1.29 is 14.4 Å². The number of primary amides is 2. The maximum absolute atomic E-state index is 12.6. The molecule has 0 aliphatic carbocycles. The number of hydrogen-bond acceptors (Lipinski definition) is 4. The number of rotatable bonds is 8. The van der Waals surface area contributed by atoms with Crippen molar-refractivity contribution in [2.24, 2.45) is 11.5 Å². The summed E-state index contributed by atoms with van der Waals surface area (Å²) in [6.45, 7) is 3.43. The van der Waals surface area contributed by atoms with E-state index in [0.717, 1.165) is 31.4 Å². The normalized spacial score (nSPS) is 16.9. The van der Waals surface area contributed by atoms with Crippen LogP contribution in [0.5, 0.6) is 0 Å². The van der Waals surface area contributed by atoms with Gasteiger partial charge in [-0.2, -0.15) is 0 Å². The SMILES string of the molecule is NC(=O)Nc1ccc2c(c1)C(=Cc1[nH]cc(CCCCN3CCCC3)c1C(N)=O)C(=O)N2. The van der Waals surface area contributed by atoms with Gasteiger partial charge in [0, 0.05) is 23.1 Å². The van der Waals surface area contributed by atoms with Gasteiger partial charge in [-0.15, -0.1) is 0 Å². The molecule has 0 atom stereocenters. The Hall–Kier alpha value is -3.59. The van der Waals surface area contributed by atoms with Crippen LogP contribution in [-0.2, 0) is 11.2 Å². The molecule has 2 aromatic rings. The number of amides is 4. The van der Waals surface area contributed by atoms with Crippen molar-refractivity contribution in [3.8, 4) is 0 Å². The Morgan fingerprint density at radius 1 is 1.16 bits per heavy atom. The van der Waals surface area contributed by atoms with Crippen molar-refractivity contribution in [1.82, 2.24) is 9.88 Å². The molecule has 4 amide bonds. The van der Waals surface area contributed by atoms with E-state index in [1.165, 1.54) is 25.9 Å². The van der Waals surface area contributed by atoms with Gasteiger partial charge in [-0.25, -0.2) is 4.79 Å². The molecule has 1 aromatic heterocycles. The Labute approximate surface area is 186 Å². The third-order valence-corrected chi connectivity index (χ3v) is 5.97. The van der Waals surface area contributed by atoms with Crippen LogP contribution in [0.25, 0.3) is 11.6 Å². The molecule has 3 heterocycles. The van der Waals surface area contributed by atoms with Gasteiger partial charge in [-0.1, -0.05) is 0 Å². The van der Waals surface area contributed by atoms with Gasteiger partial charge >= 0.3 is 6.03 Å². The number of nitrogens with one attached hydrogen (secondary N) is 3. The number of nitrogens with two attached hydrogens (primary N) is 2. The Morgan fingerprint density at radius 2 is 1.94 bits per heavy atom. The number of benzene rings is 1. The van der Waals surface area contributed by atoms with E-state index >= 15 is 0 Å². The van der Waals surface area contributed by atoms with Crippen LogP contribution in [0.2, 0.25) is 0 Å².